The van der Waals surface area contributed by atoms with Crippen molar-refractivity contribution in [1.29, 1.82) is 0 Å². The van der Waals surface area contributed by atoms with Crippen LogP contribution in [-0.2, 0) is 43.8 Å². The number of carboxylic acids is 2. The first-order valence-corrected chi connectivity index (χ1v) is 19.1. The van der Waals surface area contributed by atoms with Gasteiger partial charge in [0, 0.05) is 56.3 Å². The zero-order chi connectivity index (χ0) is 41.7. The molecule has 0 saturated carbocycles. The molecule has 304 valence electrons. The molecule has 0 radical (unpaired) electrons. The lowest BCUT2D eigenvalue weighted by Gasteiger charge is -2.38. The predicted molar refractivity (Wildman–Crippen MR) is 207 cm³/mol. The molecule has 1 aromatic rings. The van der Waals surface area contributed by atoms with Crippen LogP contribution in [0.2, 0.25) is 0 Å². The number of hydrogen-bond acceptors (Lipinski definition) is 10. The standard InChI is InChI=1S/C38H56N6O10S/c1-23(16-19-43(8)35(52)31(37(2,3)4)42-33(50)30(39-7)38(5,6)24-12-10-9-11-13-24)32(49)41-25(36(53)54)14-15-27(45)40-18-20-44-28(46)22-26(34(44)51)55-21-17-29(47)48/h9-13,16,25-26,30-31,39H,14-15,17-22H2,1-8H3,(H,40,45)(H,41,49)(H,42,50)(H,47,48)(H,53,54)/b23-16+/t25-,26?,30?,31?/m1/s1. The number of rotatable bonds is 21. The van der Waals surface area contributed by atoms with Gasteiger partial charge in [-0.15, -0.1) is 11.8 Å². The van der Waals surface area contributed by atoms with Gasteiger partial charge in [-0.2, -0.15) is 0 Å². The highest BCUT2D eigenvalue weighted by Gasteiger charge is 2.41. The Morgan fingerprint density at radius 2 is 1.62 bits per heavy atom. The third kappa shape index (κ3) is 13.8. The molecule has 6 N–H and O–H groups in total. The predicted octanol–water partition coefficient (Wildman–Crippen LogP) is 1.29. The van der Waals surface area contributed by atoms with Gasteiger partial charge in [0.1, 0.15) is 12.1 Å². The van der Waals surface area contributed by atoms with Crippen molar-refractivity contribution < 1.29 is 48.6 Å². The van der Waals surface area contributed by atoms with Gasteiger partial charge >= 0.3 is 11.9 Å². The van der Waals surface area contributed by atoms with Crippen LogP contribution in [0.1, 0.15) is 72.8 Å². The molecule has 0 aliphatic carbocycles. The van der Waals surface area contributed by atoms with Crippen molar-refractivity contribution in [3.63, 3.8) is 0 Å². The third-order valence-electron chi connectivity index (χ3n) is 9.35. The Morgan fingerprint density at radius 3 is 2.18 bits per heavy atom. The summed E-state index contributed by atoms with van der Waals surface area (Å²) in [6.45, 7) is 10.7. The van der Waals surface area contributed by atoms with Crippen LogP contribution < -0.4 is 21.3 Å². The number of nitrogens with one attached hydrogen (secondary N) is 4. The van der Waals surface area contributed by atoms with Crippen molar-refractivity contribution in [3.8, 4) is 0 Å². The summed E-state index contributed by atoms with van der Waals surface area (Å²) in [5.41, 5.74) is -0.217. The van der Waals surface area contributed by atoms with E-state index in [-0.39, 0.29) is 68.5 Å². The summed E-state index contributed by atoms with van der Waals surface area (Å²) < 4.78 is 0. The normalized spacial score (nSPS) is 16.5. The van der Waals surface area contributed by atoms with Crippen LogP contribution in [0.4, 0.5) is 0 Å². The number of carbonyl (C=O) groups is 8. The lowest BCUT2D eigenvalue weighted by atomic mass is 9.76. The molecule has 16 nitrogen and oxygen atoms in total. The molecule has 4 atom stereocenters. The number of nitrogens with zero attached hydrogens (tertiary/aromatic N) is 2. The second-order valence-electron chi connectivity index (χ2n) is 15.1. The van der Waals surface area contributed by atoms with Gasteiger partial charge in [0.25, 0.3) is 0 Å². The molecular weight excluding hydrogens is 733 g/mol. The Kier molecular flexibility index (Phi) is 17.5. The first-order chi connectivity index (χ1) is 25.6. The van der Waals surface area contributed by atoms with Crippen LogP contribution >= 0.6 is 11.8 Å². The summed E-state index contributed by atoms with van der Waals surface area (Å²) in [7, 11) is 3.22. The first-order valence-electron chi connectivity index (χ1n) is 18.0. The molecule has 6 amide bonds. The zero-order valence-corrected chi connectivity index (χ0v) is 33.7. The number of thioether (sulfide) groups is 1. The number of aliphatic carboxylic acids is 2. The van der Waals surface area contributed by atoms with Crippen LogP contribution in [0.5, 0.6) is 0 Å². The summed E-state index contributed by atoms with van der Waals surface area (Å²) in [6.07, 6.45) is 0.746. The third-order valence-corrected chi connectivity index (χ3v) is 10.6. The highest BCUT2D eigenvalue weighted by atomic mass is 32.2. The summed E-state index contributed by atoms with van der Waals surface area (Å²) >= 11 is 1.09. The summed E-state index contributed by atoms with van der Waals surface area (Å²) in [4.78, 5) is 103. The maximum absolute atomic E-state index is 13.7. The van der Waals surface area contributed by atoms with Gasteiger partial charge in [0.2, 0.25) is 35.4 Å². The monoisotopic (exact) mass is 788 g/mol. The fourth-order valence-electron chi connectivity index (χ4n) is 5.91. The average Bonchev–Trinajstić information content (AvgIpc) is 3.37. The quantitative estimate of drug-likeness (QED) is 0.0765. The fourth-order valence-corrected chi connectivity index (χ4v) is 7.02. The fraction of sp³-hybridized carbons (Fsp3) is 0.579. The molecule has 2 rings (SSSR count). The zero-order valence-electron chi connectivity index (χ0n) is 32.9. The molecule has 17 heteroatoms. The molecule has 0 spiro atoms. The van der Waals surface area contributed by atoms with E-state index in [1.54, 1.807) is 7.05 Å². The van der Waals surface area contributed by atoms with Gasteiger partial charge in [0.15, 0.2) is 0 Å². The van der Waals surface area contributed by atoms with Crippen LogP contribution in [0.3, 0.4) is 0 Å². The van der Waals surface area contributed by atoms with Crippen molar-refractivity contribution in [1.82, 2.24) is 31.1 Å². The topological polar surface area (TPSA) is 232 Å². The molecule has 1 aliphatic rings. The molecule has 1 heterocycles. The molecule has 55 heavy (non-hydrogen) atoms. The number of likely N-dealkylation sites (N-methyl/N-ethyl adjacent to an activating group) is 2. The van der Waals surface area contributed by atoms with E-state index in [9.17, 15) is 43.5 Å². The summed E-state index contributed by atoms with van der Waals surface area (Å²) in [6, 6.07) is 6.58. The molecule has 1 fully saturated rings. The summed E-state index contributed by atoms with van der Waals surface area (Å²) in [5.74, 6) is -5.07. The number of amides is 6. The van der Waals surface area contributed by atoms with E-state index < -0.39 is 69.8 Å². The van der Waals surface area contributed by atoms with Crippen LogP contribution in [0.25, 0.3) is 0 Å². The second kappa shape index (κ2) is 20.8. The van der Waals surface area contributed by atoms with Crippen molar-refractivity contribution >= 4 is 59.1 Å². The van der Waals surface area contributed by atoms with Crippen LogP contribution in [0, 0.1) is 5.41 Å². The Labute approximate surface area is 326 Å². The van der Waals surface area contributed by atoms with Gasteiger partial charge in [-0.3, -0.25) is 38.5 Å². The van der Waals surface area contributed by atoms with E-state index in [0.717, 1.165) is 22.2 Å². The smallest absolute Gasteiger partial charge is 0.326 e. The highest BCUT2D eigenvalue weighted by molar-refractivity contribution is 8.00. The van der Waals surface area contributed by atoms with Gasteiger partial charge in [-0.05, 0) is 31.4 Å². The minimum Gasteiger partial charge on any atom is -0.481 e. The highest BCUT2D eigenvalue weighted by Crippen LogP contribution is 2.29. The van der Waals surface area contributed by atoms with E-state index in [2.05, 4.69) is 21.3 Å². The van der Waals surface area contributed by atoms with Crippen LogP contribution in [-0.4, -0.2) is 130 Å². The lowest BCUT2D eigenvalue weighted by Crippen LogP contribution is -2.60. The molecule has 1 aromatic carbocycles. The van der Waals surface area contributed by atoms with Gasteiger partial charge < -0.3 is 36.4 Å². The number of hydrogen-bond donors (Lipinski definition) is 6. The van der Waals surface area contributed by atoms with E-state index >= 15 is 0 Å². The van der Waals surface area contributed by atoms with Crippen LogP contribution in [0.15, 0.2) is 42.0 Å². The van der Waals surface area contributed by atoms with Crippen molar-refractivity contribution in [3.05, 3.63) is 47.5 Å². The number of carbonyl (C=O) groups excluding carboxylic acids is 6. The second-order valence-corrected chi connectivity index (χ2v) is 16.4. The lowest BCUT2D eigenvalue weighted by molar-refractivity contribution is -0.142. The largest absolute Gasteiger partial charge is 0.481 e. The van der Waals surface area contributed by atoms with E-state index in [1.807, 2.05) is 65.0 Å². The number of carboxylic acid groups (broad SMARTS) is 2. The van der Waals surface area contributed by atoms with Crippen molar-refractivity contribution in [2.75, 3.05) is 39.5 Å². The maximum atomic E-state index is 13.7. The molecule has 3 unspecified atom stereocenters. The minimum atomic E-state index is -1.41. The SMILES string of the molecule is CNC(C(=O)NC(C(=O)N(C)C/C=C(\C)C(=O)N[C@H](CCC(=O)NCCN1C(=O)CC(SCCC(=O)O)C1=O)C(=O)O)C(C)(C)C)C(C)(C)c1ccccc1. The number of imide groups is 1. The van der Waals surface area contributed by atoms with Crippen molar-refractivity contribution in [2.24, 2.45) is 5.41 Å². The Morgan fingerprint density at radius 1 is 0.982 bits per heavy atom. The van der Waals surface area contributed by atoms with E-state index in [1.165, 1.54) is 24.9 Å². The van der Waals surface area contributed by atoms with E-state index in [0.29, 0.717) is 0 Å². The minimum absolute atomic E-state index is 0.0184. The van der Waals surface area contributed by atoms with E-state index in [4.69, 9.17) is 5.11 Å². The molecule has 0 aromatic heterocycles. The molecule has 1 aliphatic heterocycles. The Bertz CT molecular complexity index is 1610. The first kappa shape index (κ1) is 46.4. The molecule has 1 saturated heterocycles. The van der Waals surface area contributed by atoms with Crippen molar-refractivity contribution in [2.45, 2.75) is 96.0 Å². The summed E-state index contributed by atoms with van der Waals surface area (Å²) in [5, 5.41) is 28.8. The molecular formula is C38H56N6O10S. The molecule has 0 bridgehead atoms. The Hall–Kier alpha value is -4.77. The van der Waals surface area contributed by atoms with Gasteiger partial charge in [-0.1, -0.05) is 71.0 Å². The average molecular weight is 789 g/mol. The van der Waals surface area contributed by atoms with Gasteiger partial charge in [-0.25, -0.2) is 4.79 Å². The Balaban J connectivity index is 1.93. The number of likely N-dealkylation sites (tertiary alicyclic amines) is 1. The number of benzene rings is 1. The van der Waals surface area contributed by atoms with Gasteiger partial charge in [0.05, 0.1) is 17.7 Å². The maximum Gasteiger partial charge on any atom is 0.326 e.